The van der Waals surface area contributed by atoms with Gasteiger partial charge in [-0.15, -0.1) is 0 Å². The second kappa shape index (κ2) is 6.92. The van der Waals surface area contributed by atoms with Gasteiger partial charge in [0.25, 0.3) is 0 Å². The molecule has 0 fully saturated rings. The second-order valence-electron chi connectivity index (χ2n) is 3.98. The number of nitrogens with zero attached hydrogens (tertiary/aromatic N) is 1. The summed E-state index contributed by atoms with van der Waals surface area (Å²) in [4.78, 5) is 0.100. The molecular weight excluding hydrogens is 284 g/mol. The molecule has 0 aliphatic carbocycles. The van der Waals surface area contributed by atoms with Gasteiger partial charge in [-0.25, -0.2) is 12.7 Å². The molecule has 0 bridgehead atoms. The van der Waals surface area contributed by atoms with Gasteiger partial charge < -0.3 is 5.73 Å². The lowest BCUT2D eigenvalue weighted by Crippen LogP contribution is -2.27. The lowest BCUT2D eigenvalue weighted by Gasteiger charge is -2.17. The lowest BCUT2D eigenvalue weighted by atomic mass is 10.2. The molecule has 19 heavy (non-hydrogen) atoms. The zero-order valence-electron chi connectivity index (χ0n) is 11.0. The third-order valence-electron chi connectivity index (χ3n) is 2.49. The molecule has 0 aromatic heterocycles. The van der Waals surface area contributed by atoms with Gasteiger partial charge in [-0.3, -0.25) is 0 Å². The molecule has 4 nitrogen and oxygen atoms in total. The van der Waals surface area contributed by atoms with Crippen LogP contribution in [0.3, 0.4) is 0 Å². The van der Waals surface area contributed by atoms with Crippen LogP contribution < -0.4 is 5.73 Å². The third-order valence-corrected chi connectivity index (χ3v) is 4.83. The van der Waals surface area contributed by atoms with E-state index in [-0.39, 0.29) is 16.5 Å². The molecule has 0 saturated carbocycles. The first-order valence-electron chi connectivity index (χ1n) is 5.88. The van der Waals surface area contributed by atoms with E-state index in [1.807, 2.05) is 6.92 Å². The highest BCUT2D eigenvalue weighted by Gasteiger charge is 2.22. The maximum Gasteiger partial charge on any atom is 0.244 e. The van der Waals surface area contributed by atoms with Gasteiger partial charge in [0.05, 0.1) is 11.6 Å². The van der Waals surface area contributed by atoms with E-state index in [9.17, 15) is 8.42 Å². The number of nitrogens with two attached hydrogens (primary N) is 1. The first-order chi connectivity index (χ1) is 8.93. The van der Waals surface area contributed by atoms with Crippen molar-refractivity contribution in [2.24, 2.45) is 5.73 Å². The maximum atomic E-state index is 12.3. The van der Waals surface area contributed by atoms with Gasteiger partial charge in [-0.1, -0.05) is 30.4 Å². The highest BCUT2D eigenvalue weighted by molar-refractivity contribution is 7.89. The van der Waals surface area contributed by atoms with Crippen molar-refractivity contribution in [2.75, 3.05) is 20.1 Å². The van der Waals surface area contributed by atoms with Crippen molar-refractivity contribution in [3.8, 4) is 11.8 Å². The molecule has 0 radical (unpaired) electrons. The summed E-state index contributed by atoms with van der Waals surface area (Å²) in [5.74, 6) is 5.50. The normalized spacial score (nSPS) is 11.2. The number of hydrogen-bond acceptors (Lipinski definition) is 3. The molecule has 1 aromatic rings. The number of benzene rings is 1. The van der Waals surface area contributed by atoms with Crippen molar-refractivity contribution >= 4 is 21.6 Å². The van der Waals surface area contributed by atoms with Gasteiger partial charge in [-0.2, -0.15) is 0 Å². The highest BCUT2D eigenvalue weighted by atomic mass is 35.5. The van der Waals surface area contributed by atoms with Gasteiger partial charge in [0.2, 0.25) is 10.0 Å². The largest absolute Gasteiger partial charge is 0.320 e. The summed E-state index contributed by atoms with van der Waals surface area (Å²) >= 11 is 6.03. The molecule has 0 heterocycles. The summed E-state index contributed by atoms with van der Waals surface area (Å²) in [7, 11) is -2.00. The summed E-state index contributed by atoms with van der Waals surface area (Å²) in [5, 5.41) is 0.173. The molecular formula is C13H17ClN2O2S. The van der Waals surface area contributed by atoms with Crippen molar-refractivity contribution in [1.29, 1.82) is 0 Å². The maximum absolute atomic E-state index is 12.3. The minimum absolute atomic E-state index is 0.100. The second-order valence-corrected chi connectivity index (χ2v) is 6.40. The number of hydrogen-bond donors (Lipinski definition) is 1. The monoisotopic (exact) mass is 300 g/mol. The van der Waals surface area contributed by atoms with Gasteiger partial charge in [-0.05, 0) is 24.6 Å². The first kappa shape index (κ1) is 16.0. The summed E-state index contributed by atoms with van der Waals surface area (Å²) in [5.41, 5.74) is 5.92. The Balaban J connectivity index is 3.16. The quantitative estimate of drug-likeness (QED) is 0.861. The Morgan fingerprint density at radius 2 is 2.11 bits per heavy atom. The fourth-order valence-electron chi connectivity index (χ4n) is 1.54. The molecule has 1 aromatic carbocycles. The van der Waals surface area contributed by atoms with E-state index in [1.165, 1.54) is 23.5 Å². The van der Waals surface area contributed by atoms with Crippen LogP contribution in [0.15, 0.2) is 23.1 Å². The van der Waals surface area contributed by atoms with Crippen LogP contribution in [-0.2, 0) is 10.0 Å². The molecule has 0 spiro atoms. The van der Waals surface area contributed by atoms with Crippen LogP contribution in [0.25, 0.3) is 0 Å². The smallest absolute Gasteiger partial charge is 0.244 e. The van der Waals surface area contributed by atoms with Crippen molar-refractivity contribution in [3.05, 3.63) is 28.8 Å². The van der Waals surface area contributed by atoms with E-state index in [0.717, 1.165) is 6.42 Å². The molecule has 104 valence electrons. The SMILES string of the molecule is CCCN(C)S(=O)(=O)c1ccc(C#CCN)cc1Cl. The minimum Gasteiger partial charge on any atom is -0.320 e. The van der Waals surface area contributed by atoms with Crippen LogP contribution in [-0.4, -0.2) is 32.9 Å². The zero-order valence-corrected chi connectivity index (χ0v) is 12.6. The Bertz CT molecular complexity index is 603. The predicted octanol–water partition coefficient (Wildman–Crippen LogP) is 1.68. The fourth-order valence-corrected chi connectivity index (χ4v) is 3.32. The summed E-state index contributed by atoms with van der Waals surface area (Å²) in [6.45, 7) is 2.61. The topological polar surface area (TPSA) is 63.4 Å². The van der Waals surface area contributed by atoms with Crippen molar-refractivity contribution in [2.45, 2.75) is 18.2 Å². The molecule has 0 unspecified atom stereocenters. The molecule has 0 aliphatic rings. The van der Waals surface area contributed by atoms with Gasteiger partial charge in [0, 0.05) is 19.2 Å². The van der Waals surface area contributed by atoms with Crippen molar-refractivity contribution in [3.63, 3.8) is 0 Å². The average molecular weight is 301 g/mol. The Kier molecular flexibility index (Phi) is 5.83. The Morgan fingerprint density at radius 1 is 1.42 bits per heavy atom. The van der Waals surface area contributed by atoms with E-state index in [1.54, 1.807) is 6.07 Å². The van der Waals surface area contributed by atoms with E-state index in [4.69, 9.17) is 17.3 Å². The van der Waals surface area contributed by atoms with Crippen molar-refractivity contribution < 1.29 is 8.42 Å². The lowest BCUT2D eigenvalue weighted by molar-refractivity contribution is 0.468. The van der Waals surface area contributed by atoms with Crippen LogP contribution in [0.2, 0.25) is 5.02 Å². The van der Waals surface area contributed by atoms with Crippen LogP contribution in [0, 0.1) is 11.8 Å². The fraction of sp³-hybridized carbons (Fsp3) is 0.385. The number of halogens is 1. The molecule has 2 N–H and O–H groups in total. The van der Waals surface area contributed by atoms with Crippen LogP contribution in [0.4, 0.5) is 0 Å². The zero-order chi connectivity index (χ0) is 14.5. The number of sulfonamides is 1. The molecule has 0 amide bonds. The summed E-state index contributed by atoms with van der Waals surface area (Å²) in [6.07, 6.45) is 0.743. The molecule has 0 atom stereocenters. The molecule has 6 heteroatoms. The van der Waals surface area contributed by atoms with Gasteiger partial charge in [0.1, 0.15) is 4.90 Å². The standard InChI is InChI=1S/C13H17ClN2O2S/c1-3-9-16(2)19(17,18)13-7-6-11(5-4-8-15)10-12(13)14/h6-7,10H,3,8-9,15H2,1-2H3. The predicted molar refractivity (Wildman–Crippen MR) is 77.5 cm³/mol. The molecule has 0 saturated heterocycles. The van der Waals surface area contributed by atoms with E-state index in [2.05, 4.69) is 11.8 Å². The van der Waals surface area contributed by atoms with E-state index >= 15 is 0 Å². The van der Waals surface area contributed by atoms with Gasteiger partial charge in [0.15, 0.2) is 0 Å². The highest BCUT2D eigenvalue weighted by Crippen LogP contribution is 2.25. The molecule has 0 aliphatic heterocycles. The Hall–Kier alpha value is -1.06. The Morgan fingerprint density at radius 3 is 2.63 bits per heavy atom. The van der Waals surface area contributed by atoms with Crippen LogP contribution >= 0.6 is 11.6 Å². The third kappa shape index (κ3) is 3.95. The van der Waals surface area contributed by atoms with Crippen LogP contribution in [0.5, 0.6) is 0 Å². The molecule has 1 rings (SSSR count). The van der Waals surface area contributed by atoms with Crippen LogP contribution in [0.1, 0.15) is 18.9 Å². The van der Waals surface area contributed by atoms with Gasteiger partial charge >= 0.3 is 0 Å². The number of rotatable bonds is 4. The van der Waals surface area contributed by atoms with Crippen molar-refractivity contribution in [1.82, 2.24) is 4.31 Å². The van der Waals surface area contributed by atoms with E-state index in [0.29, 0.717) is 12.1 Å². The summed E-state index contributed by atoms with van der Waals surface area (Å²) < 4.78 is 25.8. The first-order valence-corrected chi connectivity index (χ1v) is 7.70. The average Bonchev–Trinajstić information content (AvgIpc) is 2.36. The minimum atomic E-state index is -3.54. The summed E-state index contributed by atoms with van der Waals surface area (Å²) in [6, 6.07) is 4.64. The Labute approximate surface area is 119 Å². The van der Waals surface area contributed by atoms with E-state index < -0.39 is 10.0 Å².